The highest BCUT2D eigenvalue weighted by molar-refractivity contribution is 7.89. The van der Waals surface area contributed by atoms with Crippen LogP contribution in [0, 0.1) is 5.92 Å². The molecular weight excluding hydrogens is 478 g/mol. The molecule has 36 heavy (non-hydrogen) atoms. The van der Waals surface area contributed by atoms with Gasteiger partial charge in [-0.2, -0.15) is 4.72 Å². The fraction of sp³-hybridized carbons (Fsp3) is 0.259. The maximum absolute atomic E-state index is 13.5. The predicted molar refractivity (Wildman–Crippen MR) is 138 cm³/mol. The number of hydrogen-bond acceptors (Lipinski definition) is 5. The normalized spacial score (nSPS) is 12.8. The molecule has 1 amide bonds. The average molecular weight is 508 g/mol. The molecule has 0 aliphatic carbocycles. The van der Waals surface area contributed by atoms with Crippen LogP contribution in [-0.2, 0) is 21.9 Å². The van der Waals surface area contributed by atoms with Crippen LogP contribution in [0.15, 0.2) is 93.0 Å². The van der Waals surface area contributed by atoms with E-state index in [1.807, 2.05) is 74.5 Å². The lowest BCUT2D eigenvalue weighted by Gasteiger charge is -2.25. The zero-order valence-electron chi connectivity index (χ0n) is 20.3. The summed E-state index contributed by atoms with van der Waals surface area (Å²) in [6.45, 7) is 3.84. The third-order valence-electron chi connectivity index (χ3n) is 5.95. The van der Waals surface area contributed by atoms with Gasteiger partial charge in [0.25, 0.3) is 0 Å². The average Bonchev–Trinajstić information content (AvgIpc) is 3.15. The van der Waals surface area contributed by atoms with E-state index in [4.69, 9.17) is 4.42 Å². The Hall–Kier alpha value is -3.69. The predicted octanol–water partition coefficient (Wildman–Crippen LogP) is 3.73. The molecule has 0 aliphatic rings. The number of amides is 1. The Bertz CT molecular complexity index is 1470. The van der Waals surface area contributed by atoms with E-state index >= 15 is 0 Å². The Kier molecular flexibility index (Phi) is 7.42. The van der Waals surface area contributed by atoms with E-state index in [1.165, 1.54) is 22.8 Å². The summed E-state index contributed by atoms with van der Waals surface area (Å²) in [5.41, 5.74) is 2.40. The van der Waals surface area contributed by atoms with Gasteiger partial charge in [-0.25, -0.2) is 13.2 Å². The largest absolute Gasteiger partial charge is 0.419 e. The first-order valence-corrected chi connectivity index (χ1v) is 13.2. The van der Waals surface area contributed by atoms with Crippen LogP contribution in [0.5, 0.6) is 0 Å². The van der Waals surface area contributed by atoms with Gasteiger partial charge in [0.2, 0.25) is 15.9 Å². The number of aryl methyl sites for hydroxylation is 1. The summed E-state index contributed by atoms with van der Waals surface area (Å²) in [4.78, 5) is 25.2. The number of rotatable bonds is 9. The van der Waals surface area contributed by atoms with Crippen molar-refractivity contribution in [1.82, 2.24) is 14.6 Å². The Labute approximate surface area is 210 Å². The van der Waals surface area contributed by atoms with E-state index < -0.39 is 33.8 Å². The van der Waals surface area contributed by atoms with E-state index in [0.29, 0.717) is 11.9 Å². The van der Waals surface area contributed by atoms with Crippen LogP contribution >= 0.6 is 0 Å². The summed E-state index contributed by atoms with van der Waals surface area (Å²) in [5, 5.41) is 3.04. The molecule has 8 nitrogen and oxygen atoms in total. The van der Waals surface area contributed by atoms with Crippen molar-refractivity contribution in [2.45, 2.75) is 37.2 Å². The van der Waals surface area contributed by atoms with Crippen LogP contribution < -0.4 is 15.8 Å². The quantitative estimate of drug-likeness (QED) is 0.359. The van der Waals surface area contributed by atoms with Gasteiger partial charge in [0.15, 0.2) is 5.58 Å². The second-order valence-electron chi connectivity index (χ2n) is 9.12. The summed E-state index contributed by atoms with van der Waals surface area (Å²) < 4.78 is 35.5. The zero-order chi connectivity index (χ0) is 25.9. The van der Waals surface area contributed by atoms with Crippen LogP contribution in [0.2, 0.25) is 0 Å². The molecular formula is C27H29N3O5S. The van der Waals surface area contributed by atoms with E-state index in [2.05, 4.69) is 10.0 Å². The van der Waals surface area contributed by atoms with Crippen LogP contribution in [0.3, 0.4) is 0 Å². The smallest absolute Gasteiger partial charge is 0.408 e. The van der Waals surface area contributed by atoms with Gasteiger partial charge in [-0.15, -0.1) is 0 Å². The van der Waals surface area contributed by atoms with Crippen molar-refractivity contribution in [2.24, 2.45) is 13.0 Å². The first kappa shape index (κ1) is 25.4. The maximum atomic E-state index is 13.5. The zero-order valence-corrected chi connectivity index (χ0v) is 21.2. The topological polar surface area (TPSA) is 110 Å². The van der Waals surface area contributed by atoms with Crippen molar-refractivity contribution in [2.75, 3.05) is 0 Å². The van der Waals surface area contributed by atoms with Gasteiger partial charge in [-0.05, 0) is 35.6 Å². The lowest BCUT2D eigenvalue weighted by Crippen LogP contribution is -2.48. The molecule has 4 aromatic rings. The van der Waals surface area contributed by atoms with Crippen molar-refractivity contribution >= 4 is 27.0 Å². The van der Waals surface area contributed by atoms with Gasteiger partial charge in [0.05, 0.1) is 16.5 Å². The summed E-state index contributed by atoms with van der Waals surface area (Å²) in [6, 6.07) is 21.8. The molecule has 9 heteroatoms. The third kappa shape index (κ3) is 5.58. The molecule has 1 aromatic heterocycles. The van der Waals surface area contributed by atoms with E-state index in [9.17, 15) is 18.0 Å². The Morgan fingerprint density at radius 3 is 2.08 bits per heavy atom. The van der Waals surface area contributed by atoms with Crippen LogP contribution in [0.1, 0.15) is 37.4 Å². The second-order valence-corrected chi connectivity index (χ2v) is 10.8. The number of benzene rings is 3. The molecule has 0 saturated carbocycles. The van der Waals surface area contributed by atoms with Crippen molar-refractivity contribution in [3.05, 3.63) is 101 Å². The molecule has 0 aliphatic heterocycles. The molecule has 1 atom stereocenters. The highest BCUT2D eigenvalue weighted by Gasteiger charge is 2.29. The third-order valence-corrected chi connectivity index (χ3v) is 7.42. The first-order valence-electron chi connectivity index (χ1n) is 11.7. The Morgan fingerprint density at radius 1 is 0.944 bits per heavy atom. The number of sulfonamides is 1. The molecule has 1 heterocycles. The van der Waals surface area contributed by atoms with Gasteiger partial charge in [0.1, 0.15) is 6.04 Å². The summed E-state index contributed by atoms with van der Waals surface area (Å²) in [7, 11) is -2.55. The van der Waals surface area contributed by atoms with Crippen LogP contribution in [0.25, 0.3) is 11.1 Å². The molecule has 0 spiro atoms. The molecule has 3 aromatic carbocycles. The van der Waals surface area contributed by atoms with Crippen molar-refractivity contribution in [3.8, 4) is 0 Å². The number of oxazole rings is 1. The molecule has 188 valence electrons. The van der Waals surface area contributed by atoms with Gasteiger partial charge < -0.3 is 9.73 Å². The highest BCUT2D eigenvalue weighted by atomic mass is 32.2. The van der Waals surface area contributed by atoms with Gasteiger partial charge >= 0.3 is 5.76 Å². The fourth-order valence-corrected chi connectivity index (χ4v) is 5.33. The maximum Gasteiger partial charge on any atom is 0.419 e. The lowest BCUT2D eigenvalue weighted by atomic mass is 9.97. The minimum atomic E-state index is -4.09. The summed E-state index contributed by atoms with van der Waals surface area (Å²) >= 11 is 0. The molecule has 4 rings (SSSR count). The number of aromatic nitrogens is 1. The summed E-state index contributed by atoms with van der Waals surface area (Å²) in [6.07, 6.45) is 0.296. The van der Waals surface area contributed by atoms with Crippen molar-refractivity contribution in [3.63, 3.8) is 0 Å². The number of nitrogens with one attached hydrogen (secondary N) is 2. The molecule has 0 bridgehead atoms. The van der Waals surface area contributed by atoms with Gasteiger partial charge in [0, 0.05) is 13.1 Å². The number of fused-ring (bicyclic) bond motifs is 1. The first-order chi connectivity index (χ1) is 17.2. The monoisotopic (exact) mass is 507 g/mol. The van der Waals surface area contributed by atoms with Crippen LogP contribution in [-0.4, -0.2) is 24.9 Å². The molecule has 0 radical (unpaired) electrons. The molecule has 0 fully saturated rings. The van der Waals surface area contributed by atoms with Gasteiger partial charge in [-0.1, -0.05) is 74.5 Å². The summed E-state index contributed by atoms with van der Waals surface area (Å²) in [5.74, 6) is -0.972. The molecule has 0 unspecified atom stereocenters. The minimum absolute atomic E-state index is 0.0463. The van der Waals surface area contributed by atoms with E-state index in [0.717, 1.165) is 11.1 Å². The molecule has 2 N–H and O–H groups in total. The minimum Gasteiger partial charge on any atom is -0.408 e. The number of carbonyl (C=O) groups excluding carboxylic acids is 1. The van der Waals surface area contributed by atoms with E-state index in [-0.39, 0.29) is 16.4 Å². The number of nitrogens with zero attached hydrogens (tertiary/aromatic N) is 1. The van der Waals surface area contributed by atoms with E-state index in [1.54, 1.807) is 7.05 Å². The molecule has 0 saturated heterocycles. The SMILES string of the molecule is CC(C)C[C@@H](NS(=O)(=O)c1ccc2c(c1)oc(=O)n2C)C(=O)NC(c1ccccc1)c1ccccc1. The highest BCUT2D eigenvalue weighted by Crippen LogP contribution is 2.23. The Balaban J connectivity index is 1.63. The fourth-order valence-electron chi connectivity index (χ4n) is 4.11. The number of hydrogen-bond donors (Lipinski definition) is 2. The van der Waals surface area contributed by atoms with Crippen LogP contribution in [0.4, 0.5) is 0 Å². The Morgan fingerprint density at radius 2 is 1.53 bits per heavy atom. The lowest BCUT2D eigenvalue weighted by molar-refractivity contribution is -0.123. The van der Waals surface area contributed by atoms with Crippen molar-refractivity contribution < 1.29 is 17.6 Å². The second kappa shape index (κ2) is 10.5. The standard InChI is InChI=1S/C27H29N3O5S/c1-18(2)16-22(29-36(33,34)21-14-15-23-24(17-21)35-27(32)30(23)3)26(31)28-25(19-10-6-4-7-11-19)20-12-8-5-9-13-20/h4-15,17-18,22,25,29H,16H2,1-3H3,(H,28,31)/t22-/m1/s1. The van der Waals surface area contributed by atoms with Crippen molar-refractivity contribution in [1.29, 1.82) is 0 Å². The van der Waals surface area contributed by atoms with Gasteiger partial charge in [-0.3, -0.25) is 9.36 Å². The number of carbonyl (C=O) groups is 1.